The number of non-ortho nitro benzene ring substituents is 2. The normalized spacial score (nSPS) is 11.2. The lowest BCUT2D eigenvalue weighted by Crippen LogP contribution is -2.20. The van der Waals surface area contributed by atoms with Crippen LogP contribution in [0.4, 0.5) is 11.4 Å². The molecular weight excluding hydrogens is 272 g/mol. The first-order valence-electron chi connectivity index (χ1n) is 5.11. The lowest BCUT2D eigenvalue weighted by Gasteiger charge is -2.09. The van der Waals surface area contributed by atoms with Crippen LogP contribution in [0.15, 0.2) is 18.2 Å². The van der Waals surface area contributed by atoms with Gasteiger partial charge in [0.2, 0.25) is 0 Å². The van der Waals surface area contributed by atoms with Gasteiger partial charge >= 0.3 is 5.97 Å². The zero-order chi connectivity index (χ0) is 15.3. The van der Waals surface area contributed by atoms with E-state index in [1.165, 1.54) is 0 Å². The summed E-state index contributed by atoms with van der Waals surface area (Å²) >= 11 is 0. The highest BCUT2D eigenvalue weighted by Crippen LogP contribution is 2.23. The average molecular weight is 280 g/mol. The number of ether oxygens (including phenoxy) is 1. The Bertz CT molecular complexity index is 573. The van der Waals surface area contributed by atoms with Crippen LogP contribution in [0.1, 0.15) is 10.4 Å². The fourth-order valence-electron chi connectivity index (χ4n) is 1.25. The molecule has 0 spiro atoms. The van der Waals surface area contributed by atoms with Crippen LogP contribution in [0.25, 0.3) is 0 Å². The fourth-order valence-corrected chi connectivity index (χ4v) is 1.25. The van der Waals surface area contributed by atoms with Crippen LogP contribution in [-0.2, 0) is 4.74 Å². The first-order chi connectivity index (χ1) is 9.38. The van der Waals surface area contributed by atoms with E-state index in [2.05, 4.69) is 4.74 Å². The molecule has 20 heavy (non-hydrogen) atoms. The standard InChI is InChI=1S/C11H8N2O7/c1-2-10(6-14)20-11(15)7-3-8(12(16)17)5-9(4-7)13(18)19/h1,3-5,10,14H,6H2/t10-/m0/s1. The summed E-state index contributed by atoms with van der Waals surface area (Å²) in [5.74, 6) is 0.863. The molecule has 1 rings (SSSR count). The van der Waals surface area contributed by atoms with Crippen molar-refractivity contribution in [2.75, 3.05) is 6.61 Å². The number of nitro groups is 2. The molecule has 9 heteroatoms. The number of terminal acetylenes is 1. The Morgan fingerprint density at radius 2 is 1.80 bits per heavy atom. The number of carbonyl (C=O) groups excluding carboxylic acids is 1. The molecule has 1 aromatic rings. The van der Waals surface area contributed by atoms with Crippen LogP contribution in [0.2, 0.25) is 0 Å². The van der Waals surface area contributed by atoms with E-state index < -0.39 is 45.5 Å². The van der Waals surface area contributed by atoms with Crippen LogP contribution in [0, 0.1) is 32.6 Å². The highest BCUT2D eigenvalue weighted by molar-refractivity contribution is 5.91. The van der Waals surface area contributed by atoms with Crippen molar-refractivity contribution in [3.8, 4) is 12.3 Å². The van der Waals surface area contributed by atoms with Crippen molar-refractivity contribution < 1.29 is 24.5 Å². The van der Waals surface area contributed by atoms with Gasteiger partial charge in [-0.3, -0.25) is 20.2 Å². The lowest BCUT2D eigenvalue weighted by atomic mass is 10.1. The number of aliphatic hydroxyl groups excluding tert-OH is 1. The maximum absolute atomic E-state index is 11.6. The number of hydrogen-bond donors (Lipinski definition) is 1. The minimum Gasteiger partial charge on any atom is -0.443 e. The van der Waals surface area contributed by atoms with E-state index in [0.717, 1.165) is 12.1 Å². The lowest BCUT2D eigenvalue weighted by molar-refractivity contribution is -0.394. The molecule has 1 aromatic carbocycles. The minimum absolute atomic E-state index is 0.403. The Kier molecular flexibility index (Phi) is 4.71. The summed E-state index contributed by atoms with van der Waals surface area (Å²) in [6, 6.07) is 2.35. The second-order valence-corrected chi connectivity index (χ2v) is 3.50. The van der Waals surface area contributed by atoms with Gasteiger partial charge < -0.3 is 9.84 Å². The fraction of sp³-hybridized carbons (Fsp3) is 0.182. The molecule has 1 N–H and O–H groups in total. The van der Waals surface area contributed by atoms with Crippen molar-refractivity contribution in [3.63, 3.8) is 0 Å². The molecule has 0 bridgehead atoms. The van der Waals surface area contributed by atoms with E-state index in [9.17, 15) is 25.0 Å². The number of nitrogens with zero attached hydrogens (tertiary/aromatic N) is 2. The van der Waals surface area contributed by atoms with Gasteiger partial charge in [0.05, 0.1) is 28.1 Å². The summed E-state index contributed by atoms with van der Waals surface area (Å²) in [5, 5.41) is 30.1. The minimum atomic E-state index is -1.24. The zero-order valence-corrected chi connectivity index (χ0v) is 9.88. The van der Waals surface area contributed by atoms with Crippen molar-refractivity contribution in [3.05, 3.63) is 44.0 Å². The van der Waals surface area contributed by atoms with Crippen LogP contribution < -0.4 is 0 Å². The number of hydrogen-bond acceptors (Lipinski definition) is 7. The summed E-state index contributed by atoms with van der Waals surface area (Å²) in [7, 11) is 0. The molecule has 0 aliphatic rings. The molecule has 0 radical (unpaired) electrons. The summed E-state index contributed by atoms with van der Waals surface area (Å²) in [4.78, 5) is 31.2. The zero-order valence-electron chi connectivity index (χ0n) is 9.88. The van der Waals surface area contributed by atoms with E-state index >= 15 is 0 Å². The van der Waals surface area contributed by atoms with Crippen molar-refractivity contribution in [1.82, 2.24) is 0 Å². The molecular formula is C11H8N2O7. The van der Waals surface area contributed by atoms with Crippen LogP contribution in [0.3, 0.4) is 0 Å². The van der Waals surface area contributed by atoms with Crippen molar-refractivity contribution in [2.45, 2.75) is 6.10 Å². The number of benzene rings is 1. The molecule has 1 atom stereocenters. The second-order valence-electron chi connectivity index (χ2n) is 3.50. The monoisotopic (exact) mass is 280 g/mol. The van der Waals surface area contributed by atoms with Gasteiger partial charge in [-0.25, -0.2) is 4.79 Å². The average Bonchev–Trinajstić information content (AvgIpc) is 2.43. The second kappa shape index (κ2) is 6.26. The quantitative estimate of drug-likeness (QED) is 0.362. The largest absolute Gasteiger partial charge is 0.443 e. The Morgan fingerprint density at radius 1 is 1.30 bits per heavy atom. The molecule has 0 aliphatic heterocycles. The first-order valence-corrected chi connectivity index (χ1v) is 5.11. The number of rotatable bonds is 5. The van der Waals surface area contributed by atoms with E-state index in [0.29, 0.717) is 6.07 Å². The van der Waals surface area contributed by atoms with Crippen LogP contribution >= 0.6 is 0 Å². The smallest absolute Gasteiger partial charge is 0.339 e. The van der Waals surface area contributed by atoms with Gasteiger partial charge in [0.1, 0.15) is 0 Å². The highest BCUT2D eigenvalue weighted by Gasteiger charge is 2.22. The summed E-state index contributed by atoms with van der Waals surface area (Å²) in [6.45, 7) is -0.640. The molecule has 0 amide bonds. The highest BCUT2D eigenvalue weighted by atomic mass is 16.6. The van der Waals surface area contributed by atoms with Gasteiger partial charge in [-0.05, 0) is 0 Å². The first kappa shape index (κ1) is 15.1. The molecule has 104 valence electrons. The van der Waals surface area contributed by atoms with Crippen LogP contribution in [-0.4, -0.2) is 33.6 Å². The van der Waals surface area contributed by atoms with Crippen LogP contribution in [0.5, 0.6) is 0 Å². The van der Waals surface area contributed by atoms with Crippen molar-refractivity contribution >= 4 is 17.3 Å². The topological polar surface area (TPSA) is 133 Å². The molecule has 9 nitrogen and oxygen atoms in total. The Hall–Kier alpha value is -2.99. The predicted octanol–water partition coefficient (Wildman–Crippen LogP) is 0.654. The van der Waals surface area contributed by atoms with Gasteiger partial charge in [0.15, 0.2) is 6.10 Å². The maximum Gasteiger partial charge on any atom is 0.339 e. The molecule has 0 heterocycles. The van der Waals surface area contributed by atoms with Gasteiger partial charge in [-0.2, -0.15) is 0 Å². The van der Waals surface area contributed by atoms with E-state index in [1.54, 1.807) is 0 Å². The third-order valence-corrected chi connectivity index (χ3v) is 2.16. The molecule has 0 aromatic heterocycles. The summed E-state index contributed by atoms with van der Waals surface area (Å²) < 4.78 is 4.63. The molecule has 0 fully saturated rings. The number of aliphatic hydroxyl groups is 1. The number of nitro benzene ring substituents is 2. The van der Waals surface area contributed by atoms with Gasteiger partial charge in [0, 0.05) is 12.1 Å². The number of carbonyl (C=O) groups is 1. The summed E-state index contributed by atoms with van der Waals surface area (Å²) in [6.07, 6.45) is 3.73. The molecule has 0 aliphatic carbocycles. The van der Waals surface area contributed by atoms with Gasteiger partial charge in [-0.15, -0.1) is 6.42 Å². The molecule has 0 saturated heterocycles. The van der Waals surface area contributed by atoms with Crippen molar-refractivity contribution in [1.29, 1.82) is 0 Å². The molecule has 0 saturated carbocycles. The van der Waals surface area contributed by atoms with Gasteiger partial charge in [0.25, 0.3) is 11.4 Å². The predicted molar refractivity (Wildman–Crippen MR) is 64.9 cm³/mol. The van der Waals surface area contributed by atoms with E-state index in [4.69, 9.17) is 11.5 Å². The Labute approximate surface area is 112 Å². The van der Waals surface area contributed by atoms with E-state index in [1.807, 2.05) is 5.92 Å². The van der Waals surface area contributed by atoms with E-state index in [-0.39, 0.29) is 0 Å². The maximum atomic E-state index is 11.6. The Balaban J connectivity index is 3.17. The number of esters is 1. The van der Waals surface area contributed by atoms with Gasteiger partial charge in [-0.1, -0.05) is 5.92 Å². The third-order valence-electron chi connectivity index (χ3n) is 2.16. The SMILES string of the molecule is C#C[C@@H](CO)OC(=O)c1cc([N+](=O)[O-])cc([N+](=O)[O-])c1. The Morgan fingerprint density at radius 3 is 2.15 bits per heavy atom. The third kappa shape index (κ3) is 3.50. The molecule has 0 unspecified atom stereocenters. The van der Waals surface area contributed by atoms with Crippen molar-refractivity contribution in [2.24, 2.45) is 0 Å². The summed E-state index contributed by atoms with van der Waals surface area (Å²) in [5.41, 5.74) is -1.67.